The number of nitrogens with zero attached hydrogens (tertiary/aromatic N) is 2. The van der Waals surface area contributed by atoms with Crippen LogP contribution < -0.4 is 0 Å². The SMILES string of the molecule is O=C(CCc1ccsc1)N1CCN(S(=O)(=O)c2ccc3c(c2)CCC3)CC1. The molecule has 144 valence electrons. The number of piperazine rings is 1. The Hall–Kier alpha value is -1.70. The van der Waals surface area contributed by atoms with E-state index in [0.717, 1.165) is 25.7 Å². The van der Waals surface area contributed by atoms with Gasteiger partial charge in [0.25, 0.3) is 0 Å². The Morgan fingerprint density at radius 1 is 1.04 bits per heavy atom. The molecule has 1 saturated heterocycles. The molecule has 7 heteroatoms. The summed E-state index contributed by atoms with van der Waals surface area (Å²) in [5.41, 5.74) is 3.62. The lowest BCUT2D eigenvalue weighted by molar-refractivity contribution is -0.132. The lowest BCUT2D eigenvalue weighted by Crippen LogP contribution is -2.50. The minimum absolute atomic E-state index is 0.107. The molecule has 0 unspecified atom stereocenters. The van der Waals surface area contributed by atoms with Crippen molar-refractivity contribution in [1.82, 2.24) is 9.21 Å². The number of fused-ring (bicyclic) bond motifs is 1. The van der Waals surface area contributed by atoms with E-state index in [1.54, 1.807) is 22.3 Å². The molecule has 1 aromatic carbocycles. The van der Waals surface area contributed by atoms with E-state index in [0.29, 0.717) is 37.5 Å². The summed E-state index contributed by atoms with van der Waals surface area (Å²) in [6, 6.07) is 7.58. The van der Waals surface area contributed by atoms with Gasteiger partial charge in [-0.05, 0) is 71.3 Å². The van der Waals surface area contributed by atoms with Gasteiger partial charge in [-0.1, -0.05) is 6.07 Å². The van der Waals surface area contributed by atoms with Gasteiger partial charge in [0, 0.05) is 32.6 Å². The van der Waals surface area contributed by atoms with Gasteiger partial charge >= 0.3 is 0 Å². The van der Waals surface area contributed by atoms with Crippen LogP contribution in [0.2, 0.25) is 0 Å². The van der Waals surface area contributed by atoms with Crippen molar-refractivity contribution in [2.75, 3.05) is 26.2 Å². The number of benzene rings is 1. The molecule has 0 atom stereocenters. The first kappa shape index (κ1) is 18.7. The number of rotatable bonds is 5. The third-order valence-electron chi connectivity index (χ3n) is 5.51. The maximum Gasteiger partial charge on any atom is 0.243 e. The van der Waals surface area contributed by atoms with Crippen LogP contribution in [0.1, 0.15) is 29.5 Å². The summed E-state index contributed by atoms with van der Waals surface area (Å²) in [5, 5.41) is 4.08. The molecular weight excluding hydrogens is 380 g/mol. The first-order chi connectivity index (χ1) is 13.0. The molecule has 4 rings (SSSR count). The summed E-state index contributed by atoms with van der Waals surface area (Å²) in [5.74, 6) is 0.107. The van der Waals surface area contributed by atoms with E-state index < -0.39 is 10.0 Å². The summed E-state index contributed by atoms with van der Waals surface area (Å²) >= 11 is 1.64. The summed E-state index contributed by atoms with van der Waals surface area (Å²) in [6.07, 6.45) is 4.34. The van der Waals surface area contributed by atoms with E-state index in [9.17, 15) is 13.2 Å². The Labute approximate surface area is 164 Å². The minimum atomic E-state index is -3.48. The van der Waals surface area contributed by atoms with E-state index in [4.69, 9.17) is 0 Å². The highest BCUT2D eigenvalue weighted by Crippen LogP contribution is 2.26. The van der Waals surface area contributed by atoms with Crippen LogP contribution in [0.4, 0.5) is 0 Å². The number of hydrogen-bond acceptors (Lipinski definition) is 4. The molecule has 5 nitrogen and oxygen atoms in total. The topological polar surface area (TPSA) is 57.7 Å². The summed E-state index contributed by atoms with van der Waals surface area (Å²) in [7, 11) is -3.48. The molecule has 2 heterocycles. The van der Waals surface area contributed by atoms with E-state index in [2.05, 4.69) is 5.38 Å². The molecule has 2 aromatic rings. The lowest BCUT2D eigenvalue weighted by Gasteiger charge is -2.34. The molecule has 1 aromatic heterocycles. The van der Waals surface area contributed by atoms with E-state index in [1.165, 1.54) is 21.0 Å². The van der Waals surface area contributed by atoms with Gasteiger partial charge < -0.3 is 4.90 Å². The molecule has 27 heavy (non-hydrogen) atoms. The van der Waals surface area contributed by atoms with Gasteiger partial charge in [0.05, 0.1) is 4.90 Å². The van der Waals surface area contributed by atoms with Crippen LogP contribution in [-0.4, -0.2) is 49.7 Å². The van der Waals surface area contributed by atoms with Gasteiger partial charge in [0.2, 0.25) is 15.9 Å². The highest BCUT2D eigenvalue weighted by atomic mass is 32.2. The minimum Gasteiger partial charge on any atom is -0.340 e. The van der Waals surface area contributed by atoms with Crippen molar-refractivity contribution in [1.29, 1.82) is 0 Å². The molecular formula is C20H24N2O3S2. The summed E-state index contributed by atoms with van der Waals surface area (Å²) in [4.78, 5) is 14.6. The Balaban J connectivity index is 1.36. The second-order valence-corrected chi connectivity index (χ2v) is 9.92. The maximum absolute atomic E-state index is 13.0. The zero-order chi connectivity index (χ0) is 18.9. The number of aryl methyl sites for hydroxylation is 3. The van der Waals surface area contributed by atoms with Crippen LogP contribution in [0.5, 0.6) is 0 Å². The molecule has 1 amide bonds. The standard InChI is InChI=1S/C20H24N2O3S2/c23-20(7-4-16-8-13-26-15-16)21-9-11-22(12-10-21)27(24,25)19-6-5-17-2-1-3-18(17)14-19/h5-6,8,13-15H,1-4,7,9-12H2. The van der Waals surface area contributed by atoms with E-state index in [-0.39, 0.29) is 5.91 Å². The maximum atomic E-state index is 13.0. The lowest BCUT2D eigenvalue weighted by atomic mass is 10.1. The van der Waals surface area contributed by atoms with Crippen LogP contribution >= 0.6 is 11.3 Å². The van der Waals surface area contributed by atoms with Crippen LogP contribution in [0.3, 0.4) is 0 Å². The third-order valence-corrected chi connectivity index (χ3v) is 8.13. The number of sulfonamides is 1. The van der Waals surface area contributed by atoms with Crippen LogP contribution in [-0.2, 0) is 34.1 Å². The molecule has 1 aliphatic carbocycles. The summed E-state index contributed by atoms with van der Waals surface area (Å²) < 4.78 is 27.5. The smallest absolute Gasteiger partial charge is 0.243 e. The van der Waals surface area contributed by atoms with Crippen molar-refractivity contribution >= 4 is 27.3 Å². The van der Waals surface area contributed by atoms with Gasteiger partial charge in [0.1, 0.15) is 0 Å². The van der Waals surface area contributed by atoms with Crippen molar-refractivity contribution in [2.45, 2.75) is 37.0 Å². The van der Waals surface area contributed by atoms with Crippen molar-refractivity contribution in [3.8, 4) is 0 Å². The van der Waals surface area contributed by atoms with Gasteiger partial charge in [-0.15, -0.1) is 0 Å². The average Bonchev–Trinajstić information content (AvgIpc) is 3.37. The van der Waals surface area contributed by atoms with Gasteiger partial charge in [-0.25, -0.2) is 8.42 Å². The molecule has 0 saturated carbocycles. The van der Waals surface area contributed by atoms with Crippen LogP contribution in [0.15, 0.2) is 39.9 Å². The third kappa shape index (κ3) is 3.95. The quantitative estimate of drug-likeness (QED) is 0.770. The van der Waals surface area contributed by atoms with Crippen molar-refractivity contribution in [2.24, 2.45) is 0 Å². The number of carbonyl (C=O) groups excluding carboxylic acids is 1. The number of carbonyl (C=O) groups is 1. The van der Waals surface area contributed by atoms with Gasteiger partial charge in [-0.3, -0.25) is 4.79 Å². The molecule has 1 aliphatic heterocycles. The highest BCUT2D eigenvalue weighted by Gasteiger charge is 2.30. The molecule has 0 radical (unpaired) electrons. The van der Waals surface area contributed by atoms with Crippen molar-refractivity contribution in [3.05, 3.63) is 51.7 Å². The Morgan fingerprint density at radius 2 is 1.81 bits per heavy atom. The molecule has 0 bridgehead atoms. The van der Waals surface area contributed by atoms with Crippen molar-refractivity contribution in [3.63, 3.8) is 0 Å². The number of thiophene rings is 1. The van der Waals surface area contributed by atoms with Crippen LogP contribution in [0, 0.1) is 0 Å². The molecule has 1 fully saturated rings. The fourth-order valence-electron chi connectivity index (χ4n) is 3.88. The molecule has 0 spiro atoms. The first-order valence-electron chi connectivity index (χ1n) is 9.45. The first-order valence-corrected chi connectivity index (χ1v) is 11.8. The van der Waals surface area contributed by atoms with Gasteiger partial charge in [-0.2, -0.15) is 15.6 Å². The van der Waals surface area contributed by atoms with E-state index in [1.807, 2.05) is 23.6 Å². The summed E-state index contributed by atoms with van der Waals surface area (Å²) in [6.45, 7) is 1.66. The molecule has 0 N–H and O–H groups in total. The fraction of sp³-hybridized carbons (Fsp3) is 0.450. The zero-order valence-corrected chi connectivity index (χ0v) is 16.9. The predicted octanol–water partition coefficient (Wildman–Crippen LogP) is 2.70. The molecule has 2 aliphatic rings. The highest BCUT2D eigenvalue weighted by molar-refractivity contribution is 7.89. The largest absolute Gasteiger partial charge is 0.340 e. The number of amides is 1. The van der Waals surface area contributed by atoms with Crippen molar-refractivity contribution < 1.29 is 13.2 Å². The predicted molar refractivity (Wildman–Crippen MR) is 106 cm³/mol. The monoisotopic (exact) mass is 404 g/mol. The normalized spacial score (nSPS) is 17.9. The fourth-order valence-corrected chi connectivity index (χ4v) is 6.06. The second-order valence-electron chi connectivity index (χ2n) is 7.20. The number of hydrogen-bond donors (Lipinski definition) is 0. The second kappa shape index (κ2) is 7.73. The van der Waals surface area contributed by atoms with Crippen LogP contribution in [0.25, 0.3) is 0 Å². The van der Waals surface area contributed by atoms with Gasteiger partial charge in [0.15, 0.2) is 0 Å². The Bertz CT molecular complexity index is 915. The van der Waals surface area contributed by atoms with E-state index >= 15 is 0 Å². The Morgan fingerprint density at radius 3 is 2.56 bits per heavy atom. The zero-order valence-electron chi connectivity index (χ0n) is 15.3. The average molecular weight is 405 g/mol. The Kier molecular flexibility index (Phi) is 5.34.